The van der Waals surface area contributed by atoms with E-state index < -0.39 is 11.9 Å². The van der Waals surface area contributed by atoms with Crippen molar-refractivity contribution in [3.05, 3.63) is 10.6 Å². The number of aromatic nitrogens is 1. The Morgan fingerprint density at radius 3 is 2.75 bits per heavy atom. The molecule has 1 heterocycles. The van der Waals surface area contributed by atoms with Gasteiger partial charge in [0.25, 0.3) is 0 Å². The number of thiazole rings is 1. The Morgan fingerprint density at radius 2 is 2.25 bits per heavy atom. The third kappa shape index (κ3) is 2.04. The molecule has 1 N–H and O–H groups in total. The fourth-order valence-electron chi connectivity index (χ4n) is 1.68. The van der Waals surface area contributed by atoms with Gasteiger partial charge >= 0.3 is 5.97 Å². The second-order valence-electron chi connectivity index (χ2n) is 4.35. The number of anilines is 1. The summed E-state index contributed by atoms with van der Waals surface area (Å²) in [4.78, 5) is 18.4. The first kappa shape index (κ1) is 11.4. The van der Waals surface area contributed by atoms with E-state index >= 15 is 0 Å². The summed E-state index contributed by atoms with van der Waals surface area (Å²) in [6, 6.07) is 0.610. The third-order valence-corrected chi connectivity index (χ3v) is 4.41. The molecule has 2 rings (SSSR count). The molecule has 5 heteroatoms. The maximum absolute atomic E-state index is 10.9. The molecule has 1 unspecified atom stereocenters. The van der Waals surface area contributed by atoms with Crippen molar-refractivity contribution in [3.8, 4) is 0 Å². The standard InChI is InChI=1S/C11H16N2O2S/c1-6(10(14)15)9-7(2)12-11(16-9)13(3)8-4-5-8/h6,8H,4-5H2,1-3H3,(H,14,15). The summed E-state index contributed by atoms with van der Waals surface area (Å²) in [6.07, 6.45) is 2.44. The van der Waals surface area contributed by atoms with Gasteiger partial charge in [0.15, 0.2) is 5.13 Å². The van der Waals surface area contributed by atoms with Crippen LogP contribution >= 0.6 is 11.3 Å². The van der Waals surface area contributed by atoms with Crippen molar-refractivity contribution in [2.24, 2.45) is 0 Å². The Labute approximate surface area is 98.9 Å². The summed E-state index contributed by atoms with van der Waals surface area (Å²) in [7, 11) is 2.03. The Balaban J connectivity index is 2.23. The van der Waals surface area contributed by atoms with Gasteiger partial charge in [0.2, 0.25) is 0 Å². The van der Waals surface area contributed by atoms with Gasteiger partial charge in [-0.25, -0.2) is 4.98 Å². The van der Waals surface area contributed by atoms with E-state index in [1.54, 1.807) is 6.92 Å². The Morgan fingerprint density at radius 1 is 1.62 bits per heavy atom. The molecule has 4 nitrogen and oxygen atoms in total. The van der Waals surface area contributed by atoms with Gasteiger partial charge in [-0.3, -0.25) is 4.79 Å². The molecule has 0 aliphatic heterocycles. The highest BCUT2D eigenvalue weighted by Gasteiger charge is 2.29. The van der Waals surface area contributed by atoms with Gasteiger partial charge in [-0.15, -0.1) is 11.3 Å². The van der Waals surface area contributed by atoms with E-state index in [-0.39, 0.29) is 0 Å². The predicted molar refractivity (Wildman–Crippen MR) is 64.3 cm³/mol. The molecule has 1 atom stereocenters. The van der Waals surface area contributed by atoms with Crippen LogP contribution in [-0.2, 0) is 4.79 Å². The first-order valence-corrected chi connectivity index (χ1v) is 6.25. The minimum absolute atomic E-state index is 0.459. The number of carbonyl (C=O) groups is 1. The van der Waals surface area contributed by atoms with Crippen LogP contribution in [0.2, 0.25) is 0 Å². The van der Waals surface area contributed by atoms with E-state index in [2.05, 4.69) is 9.88 Å². The van der Waals surface area contributed by atoms with Crippen LogP contribution < -0.4 is 4.90 Å². The van der Waals surface area contributed by atoms with Crippen LogP contribution in [0.25, 0.3) is 0 Å². The molecule has 0 aromatic carbocycles. The van der Waals surface area contributed by atoms with Crippen molar-refractivity contribution in [2.45, 2.75) is 38.6 Å². The molecule has 88 valence electrons. The molecule has 1 aromatic rings. The van der Waals surface area contributed by atoms with Gasteiger partial charge in [-0.1, -0.05) is 0 Å². The lowest BCUT2D eigenvalue weighted by atomic mass is 10.1. The summed E-state index contributed by atoms with van der Waals surface area (Å²) in [5.41, 5.74) is 0.849. The summed E-state index contributed by atoms with van der Waals surface area (Å²) < 4.78 is 0. The van der Waals surface area contributed by atoms with E-state index in [4.69, 9.17) is 5.11 Å². The summed E-state index contributed by atoms with van der Waals surface area (Å²) >= 11 is 1.51. The number of nitrogens with zero attached hydrogens (tertiary/aromatic N) is 2. The molecular formula is C11H16N2O2S. The largest absolute Gasteiger partial charge is 0.481 e. The second kappa shape index (κ2) is 4.05. The zero-order valence-electron chi connectivity index (χ0n) is 9.73. The molecule has 0 saturated heterocycles. The highest BCUT2D eigenvalue weighted by Crippen LogP contribution is 2.36. The van der Waals surface area contributed by atoms with Gasteiger partial charge in [0, 0.05) is 18.0 Å². The first-order valence-electron chi connectivity index (χ1n) is 5.43. The number of hydrogen-bond acceptors (Lipinski definition) is 4. The van der Waals surface area contributed by atoms with Crippen LogP contribution in [0.5, 0.6) is 0 Å². The number of carboxylic acid groups (broad SMARTS) is 1. The zero-order valence-corrected chi connectivity index (χ0v) is 10.5. The van der Waals surface area contributed by atoms with Gasteiger partial charge in [0.1, 0.15) is 0 Å². The number of hydrogen-bond donors (Lipinski definition) is 1. The molecule has 0 spiro atoms. The van der Waals surface area contributed by atoms with Crippen molar-refractivity contribution < 1.29 is 9.90 Å². The predicted octanol–water partition coefficient (Wildman–Crippen LogP) is 2.24. The maximum Gasteiger partial charge on any atom is 0.311 e. The van der Waals surface area contributed by atoms with Crippen molar-refractivity contribution in [1.82, 2.24) is 4.98 Å². The van der Waals surface area contributed by atoms with Crippen LogP contribution in [0.4, 0.5) is 5.13 Å². The highest BCUT2D eigenvalue weighted by molar-refractivity contribution is 7.16. The van der Waals surface area contributed by atoms with Crippen molar-refractivity contribution >= 4 is 22.4 Å². The van der Waals surface area contributed by atoms with Crippen molar-refractivity contribution in [3.63, 3.8) is 0 Å². The minimum Gasteiger partial charge on any atom is -0.481 e. The van der Waals surface area contributed by atoms with Crippen LogP contribution in [-0.4, -0.2) is 29.1 Å². The molecule has 0 bridgehead atoms. The topological polar surface area (TPSA) is 53.4 Å². The van der Waals surface area contributed by atoms with Gasteiger partial charge in [-0.05, 0) is 26.7 Å². The molecule has 1 fully saturated rings. The van der Waals surface area contributed by atoms with Crippen LogP contribution in [0, 0.1) is 6.92 Å². The lowest BCUT2D eigenvalue weighted by Crippen LogP contribution is -2.18. The quantitative estimate of drug-likeness (QED) is 0.877. The maximum atomic E-state index is 10.9. The normalized spacial score (nSPS) is 17.2. The number of aryl methyl sites for hydroxylation is 1. The summed E-state index contributed by atoms with van der Waals surface area (Å²) in [5, 5.41) is 9.94. The molecule has 1 aliphatic rings. The SMILES string of the molecule is Cc1nc(N(C)C2CC2)sc1C(C)C(=O)O. The Bertz CT molecular complexity index is 412. The van der Waals surface area contributed by atoms with Crippen LogP contribution in [0.3, 0.4) is 0 Å². The zero-order chi connectivity index (χ0) is 11.9. The van der Waals surface area contributed by atoms with E-state index in [0.717, 1.165) is 15.7 Å². The van der Waals surface area contributed by atoms with Crippen LogP contribution in [0.1, 0.15) is 36.3 Å². The highest BCUT2D eigenvalue weighted by atomic mass is 32.1. The summed E-state index contributed by atoms with van der Waals surface area (Å²) in [5.74, 6) is -1.24. The lowest BCUT2D eigenvalue weighted by Gasteiger charge is -2.13. The average Bonchev–Trinajstić information content (AvgIpc) is 3.00. The van der Waals surface area contributed by atoms with Gasteiger partial charge in [-0.2, -0.15) is 0 Å². The Kier molecular flexibility index (Phi) is 2.88. The van der Waals surface area contributed by atoms with E-state index in [9.17, 15) is 4.79 Å². The molecule has 1 aliphatic carbocycles. The van der Waals surface area contributed by atoms with E-state index in [1.807, 2.05) is 14.0 Å². The number of carboxylic acids is 1. The van der Waals surface area contributed by atoms with E-state index in [0.29, 0.717) is 6.04 Å². The smallest absolute Gasteiger partial charge is 0.311 e. The lowest BCUT2D eigenvalue weighted by molar-refractivity contribution is -0.138. The van der Waals surface area contributed by atoms with E-state index in [1.165, 1.54) is 24.2 Å². The fourth-order valence-corrected chi connectivity index (χ4v) is 2.82. The van der Waals surface area contributed by atoms with Gasteiger partial charge in [0.05, 0.1) is 11.6 Å². The number of aliphatic carboxylic acids is 1. The molecule has 16 heavy (non-hydrogen) atoms. The molecule has 0 amide bonds. The number of rotatable bonds is 4. The molecular weight excluding hydrogens is 224 g/mol. The first-order chi connectivity index (χ1) is 7.50. The van der Waals surface area contributed by atoms with Crippen LogP contribution in [0.15, 0.2) is 0 Å². The van der Waals surface area contributed by atoms with Gasteiger partial charge < -0.3 is 10.0 Å². The minimum atomic E-state index is -0.785. The molecule has 0 radical (unpaired) electrons. The molecule has 1 aromatic heterocycles. The monoisotopic (exact) mass is 240 g/mol. The van der Waals surface area contributed by atoms with Crippen molar-refractivity contribution in [2.75, 3.05) is 11.9 Å². The average molecular weight is 240 g/mol. The fraction of sp³-hybridized carbons (Fsp3) is 0.636. The van der Waals surface area contributed by atoms with Crippen molar-refractivity contribution in [1.29, 1.82) is 0 Å². The summed E-state index contributed by atoms with van der Waals surface area (Å²) in [6.45, 7) is 3.60. The molecule has 1 saturated carbocycles. The third-order valence-electron chi connectivity index (χ3n) is 2.98. The second-order valence-corrected chi connectivity index (χ2v) is 5.36. The Hall–Kier alpha value is -1.10.